The molecule has 3 rings (SSSR count). The Morgan fingerprint density at radius 3 is 2.59 bits per heavy atom. The summed E-state index contributed by atoms with van der Waals surface area (Å²) in [4.78, 5) is 38.1. The van der Waals surface area contributed by atoms with Crippen LogP contribution in [0.1, 0.15) is 31.5 Å². The molecule has 0 saturated carbocycles. The summed E-state index contributed by atoms with van der Waals surface area (Å²) >= 11 is 0. The first-order chi connectivity index (χ1) is 15.2. The Balaban J connectivity index is 1.82. The van der Waals surface area contributed by atoms with Crippen LogP contribution in [0.3, 0.4) is 0 Å². The standard InChI is InChI=1S/C21H27N5O5S/c1-13(2)18(26-32(30,31)15-7-4-3-5-8-15)20(28)24-17-11-14-12-23-25-16(14)9-6-10-22-21(29)19(17)27/h3-5,7-8,12-13,17-18,26H,6,9-11H2,1-2H3,(H,22,29)(H,23,25)(H,24,28). The second-order valence-electron chi connectivity index (χ2n) is 8.02. The first-order valence-corrected chi connectivity index (χ1v) is 11.9. The Kier molecular flexibility index (Phi) is 7.41. The summed E-state index contributed by atoms with van der Waals surface area (Å²) in [6.07, 6.45) is 2.91. The van der Waals surface area contributed by atoms with Crippen LogP contribution in [0.4, 0.5) is 0 Å². The molecule has 0 aliphatic carbocycles. The number of nitrogens with zero attached hydrogens (tertiary/aromatic N) is 1. The molecular weight excluding hydrogens is 434 g/mol. The van der Waals surface area contributed by atoms with Crippen molar-refractivity contribution in [2.75, 3.05) is 6.54 Å². The van der Waals surface area contributed by atoms with Gasteiger partial charge in [0.15, 0.2) is 0 Å². The summed E-state index contributed by atoms with van der Waals surface area (Å²) in [5.74, 6) is -2.68. The highest BCUT2D eigenvalue weighted by molar-refractivity contribution is 7.89. The molecule has 2 unspecified atom stereocenters. The Morgan fingerprint density at radius 2 is 1.91 bits per heavy atom. The van der Waals surface area contributed by atoms with Crippen molar-refractivity contribution in [1.82, 2.24) is 25.6 Å². The zero-order chi connectivity index (χ0) is 23.3. The molecule has 2 heterocycles. The third-order valence-corrected chi connectivity index (χ3v) is 6.72. The molecule has 32 heavy (non-hydrogen) atoms. The van der Waals surface area contributed by atoms with Gasteiger partial charge in [-0.25, -0.2) is 8.42 Å². The number of benzene rings is 1. The van der Waals surface area contributed by atoms with Gasteiger partial charge >= 0.3 is 0 Å². The minimum atomic E-state index is -3.97. The molecule has 2 amide bonds. The SMILES string of the molecule is CC(C)C(NS(=O)(=O)c1ccccc1)C(=O)NC1Cc2cn[nH]c2CCCNC(=O)C1=O. The minimum Gasteiger partial charge on any atom is -0.349 e. The highest BCUT2D eigenvalue weighted by Gasteiger charge is 2.34. The van der Waals surface area contributed by atoms with Gasteiger partial charge in [-0.05, 0) is 36.5 Å². The Hall–Kier alpha value is -3.05. The van der Waals surface area contributed by atoms with E-state index < -0.39 is 45.6 Å². The number of aromatic nitrogens is 2. The molecule has 1 aromatic heterocycles. The number of carbonyl (C=O) groups excluding carboxylic acids is 3. The Morgan fingerprint density at radius 1 is 1.19 bits per heavy atom. The highest BCUT2D eigenvalue weighted by atomic mass is 32.2. The van der Waals surface area contributed by atoms with E-state index >= 15 is 0 Å². The number of hydrogen-bond donors (Lipinski definition) is 4. The van der Waals surface area contributed by atoms with Gasteiger partial charge in [0.05, 0.1) is 11.1 Å². The number of amides is 2. The number of Topliss-reactive ketones (excluding diaryl/α,β-unsaturated/α-hetero) is 1. The molecule has 0 fully saturated rings. The molecule has 2 aromatic rings. The number of carbonyl (C=O) groups is 3. The van der Waals surface area contributed by atoms with Gasteiger partial charge in [-0.2, -0.15) is 9.82 Å². The summed E-state index contributed by atoms with van der Waals surface area (Å²) in [7, 11) is -3.97. The maximum Gasteiger partial charge on any atom is 0.289 e. The molecule has 1 aromatic carbocycles. The van der Waals surface area contributed by atoms with Gasteiger partial charge < -0.3 is 10.6 Å². The van der Waals surface area contributed by atoms with Crippen LogP contribution in [-0.2, 0) is 37.2 Å². The topological polar surface area (TPSA) is 150 Å². The number of rotatable bonds is 6. The molecule has 172 valence electrons. The van der Waals surface area contributed by atoms with E-state index in [-0.39, 0.29) is 11.3 Å². The fourth-order valence-corrected chi connectivity index (χ4v) is 4.83. The van der Waals surface area contributed by atoms with Crippen molar-refractivity contribution in [3.8, 4) is 0 Å². The van der Waals surface area contributed by atoms with Gasteiger partial charge in [-0.15, -0.1) is 0 Å². The van der Waals surface area contributed by atoms with E-state index in [1.54, 1.807) is 38.2 Å². The lowest BCUT2D eigenvalue weighted by molar-refractivity contribution is -0.140. The van der Waals surface area contributed by atoms with Crippen LogP contribution in [0.2, 0.25) is 0 Å². The van der Waals surface area contributed by atoms with Crippen LogP contribution in [-0.4, -0.2) is 54.8 Å². The van der Waals surface area contributed by atoms with E-state index in [2.05, 4.69) is 25.6 Å². The van der Waals surface area contributed by atoms with Crippen LogP contribution in [0, 0.1) is 5.92 Å². The van der Waals surface area contributed by atoms with Gasteiger partial charge in [-0.3, -0.25) is 19.5 Å². The van der Waals surface area contributed by atoms with Crippen molar-refractivity contribution in [3.63, 3.8) is 0 Å². The summed E-state index contributed by atoms with van der Waals surface area (Å²) < 4.78 is 27.9. The summed E-state index contributed by atoms with van der Waals surface area (Å²) in [5, 5.41) is 12.0. The zero-order valence-corrected chi connectivity index (χ0v) is 18.7. The molecule has 2 atom stereocenters. The van der Waals surface area contributed by atoms with Crippen molar-refractivity contribution < 1.29 is 22.8 Å². The van der Waals surface area contributed by atoms with Crippen molar-refractivity contribution in [3.05, 3.63) is 47.8 Å². The fourth-order valence-electron chi connectivity index (χ4n) is 3.46. The first kappa shape index (κ1) is 23.6. The molecule has 0 radical (unpaired) electrons. The number of H-pyrrole nitrogens is 1. The molecule has 0 saturated heterocycles. The maximum atomic E-state index is 13.1. The molecule has 0 spiro atoms. The summed E-state index contributed by atoms with van der Waals surface area (Å²) in [6.45, 7) is 3.69. The zero-order valence-electron chi connectivity index (χ0n) is 17.9. The molecule has 4 N–H and O–H groups in total. The highest BCUT2D eigenvalue weighted by Crippen LogP contribution is 2.14. The second-order valence-corrected chi connectivity index (χ2v) is 9.73. The van der Waals surface area contributed by atoms with Gasteiger partial charge in [0.1, 0.15) is 12.1 Å². The lowest BCUT2D eigenvalue weighted by atomic mass is 9.98. The van der Waals surface area contributed by atoms with Gasteiger partial charge in [0, 0.05) is 18.7 Å². The van der Waals surface area contributed by atoms with E-state index in [1.807, 2.05) is 0 Å². The maximum absolute atomic E-state index is 13.1. The van der Waals surface area contributed by atoms with Gasteiger partial charge in [-0.1, -0.05) is 32.0 Å². The Labute approximate surface area is 186 Å². The lowest BCUT2D eigenvalue weighted by Gasteiger charge is -2.25. The van der Waals surface area contributed by atoms with Crippen molar-refractivity contribution >= 4 is 27.6 Å². The van der Waals surface area contributed by atoms with Crippen LogP contribution >= 0.6 is 0 Å². The van der Waals surface area contributed by atoms with Gasteiger partial charge in [0.2, 0.25) is 21.7 Å². The number of fused-ring (bicyclic) bond motifs is 1. The second kappa shape index (κ2) is 10.0. The largest absolute Gasteiger partial charge is 0.349 e. The average molecular weight is 462 g/mol. The number of nitrogens with one attached hydrogen (secondary N) is 4. The number of aryl methyl sites for hydroxylation is 1. The number of ketones is 1. The number of sulfonamides is 1. The van der Waals surface area contributed by atoms with Gasteiger partial charge in [0.25, 0.3) is 5.91 Å². The fraction of sp³-hybridized carbons (Fsp3) is 0.429. The van der Waals surface area contributed by atoms with Crippen molar-refractivity contribution in [1.29, 1.82) is 0 Å². The normalized spacial score (nSPS) is 18.5. The molecular formula is C21H27N5O5S. The molecule has 1 aliphatic rings. The first-order valence-electron chi connectivity index (χ1n) is 10.4. The van der Waals surface area contributed by atoms with Crippen LogP contribution < -0.4 is 15.4 Å². The third-order valence-electron chi connectivity index (χ3n) is 5.26. The van der Waals surface area contributed by atoms with Crippen LogP contribution in [0.5, 0.6) is 0 Å². The van der Waals surface area contributed by atoms with E-state index in [4.69, 9.17) is 0 Å². The molecule has 11 heteroatoms. The number of aromatic amines is 1. The predicted molar refractivity (Wildman–Crippen MR) is 116 cm³/mol. The monoisotopic (exact) mass is 461 g/mol. The smallest absolute Gasteiger partial charge is 0.289 e. The van der Waals surface area contributed by atoms with E-state index in [1.165, 1.54) is 12.1 Å². The van der Waals surface area contributed by atoms with E-state index in [0.29, 0.717) is 19.4 Å². The van der Waals surface area contributed by atoms with Crippen molar-refractivity contribution in [2.45, 2.75) is 50.1 Å². The minimum absolute atomic E-state index is 0.0237. The molecule has 1 aliphatic heterocycles. The van der Waals surface area contributed by atoms with E-state index in [0.717, 1.165) is 11.3 Å². The summed E-state index contributed by atoms with van der Waals surface area (Å²) in [6, 6.07) is 5.40. The molecule has 10 nitrogen and oxygen atoms in total. The number of hydrogen-bond acceptors (Lipinski definition) is 6. The van der Waals surface area contributed by atoms with Crippen molar-refractivity contribution in [2.24, 2.45) is 5.92 Å². The van der Waals surface area contributed by atoms with Crippen LogP contribution in [0.25, 0.3) is 0 Å². The lowest BCUT2D eigenvalue weighted by Crippen LogP contribution is -2.56. The predicted octanol–water partition coefficient (Wildman–Crippen LogP) is 0.0716. The molecule has 0 bridgehead atoms. The van der Waals surface area contributed by atoms with Crippen LogP contribution in [0.15, 0.2) is 41.4 Å². The summed E-state index contributed by atoms with van der Waals surface area (Å²) in [5.41, 5.74) is 1.56. The van der Waals surface area contributed by atoms with E-state index in [9.17, 15) is 22.8 Å². The average Bonchev–Trinajstić information content (AvgIpc) is 3.20. The Bertz CT molecular complexity index is 1080. The third kappa shape index (κ3) is 5.60. The quantitative estimate of drug-likeness (QED) is 0.447.